The van der Waals surface area contributed by atoms with Crippen molar-refractivity contribution in [2.45, 2.75) is 89.1 Å². The van der Waals surface area contributed by atoms with Gasteiger partial charge in [0.05, 0.1) is 0 Å². The van der Waals surface area contributed by atoms with Gasteiger partial charge in [-0.15, -0.1) is 0 Å². The maximum absolute atomic E-state index is 15.1. The van der Waals surface area contributed by atoms with Gasteiger partial charge in [-0.3, -0.25) is 19.7 Å². The lowest BCUT2D eigenvalue weighted by Gasteiger charge is -2.32. The summed E-state index contributed by atoms with van der Waals surface area (Å²) < 4.78 is 15.1. The van der Waals surface area contributed by atoms with E-state index in [1.807, 2.05) is 6.07 Å². The van der Waals surface area contributed by atoms with E-state index < -0.39 is 11.9 Å². The molecule has 1 aromatic rings. The van der Waals surface area contributed by atoms with Crippen LogP contribution < -0.4 is 5.32 Å². The third kappa shape index (κ3) is 6.15. The predicted molar refractivity (Wildman–Crippen MR) is 129 cm³/mol. The van der Waals surface area contributed by atoms with Crippen molar-refractivity contribution in [2.24, 2.45) is 0 Å². The van der Waals surface area contributed by atoms with Gasteiger partial charge in [-0.25, -0.2) is 4.39 Å². The smallest absolute Gasteiger partial charge is 0.255 e. The Kier molecular flexibility index (Phi) is 8.65. The summed E-state index contributed by atoms with van der Waals surface area (Å²) in [4.78, 5) is 50.9. The molecule has 3 aliphatic heterocycles. The van der Waals surface area contributed by atoms with Crippen LogP contribution in [0.25, 0.3) is 0 Å². The van der Waals surface area contributed by atoms with E-state index in [4.69, 9.17) is 0 Å². The molecule has 3 amide bonds. The molecule has 190 valence electrons. The summed E-state index contributed by atoms with van der Waals surface area (Å²) in [6, 6.07) is 2.50. The Morgan fingerprint density at radius 1 is 0.971 bits per heavy atom. The number of aldehydes is 1. The lowest BCUT2D eigenvalue weighted by molar-refractivity contribution is -0.136. The summed E-state index contributed by atoms with van der Waals surface area (Å²) in [5.74, 6) is -1.31. The second-order valence-electron chi connectivity index (χ2n) is 10.1. The number of hydrogen-bond donors (Lipinski definition) is 1. The van der Waals surface area contributed by atoms with Crippen LogP contribution >= 0.6 is 0 Å². The number of likely N-dealkylation sites (tertiary alicyclic amines) is 1. The summed E-state index contributed by atoms with van der Waals surface area (Å²) >= 11 is 0. The summed E-state index contributed by atoms with van der Waals surface area (Å²) in [5, 5.41) is 2.30. The van der Waals surface area contributed by atoms with Gasteiger partial charge in [0.25, 0.3) is 5.91 Å². The van der Waals surface area contributed by atoms with Gasteiger partial charge in [0.1, 0.15) is 18.1 Å². The van der Waals surface area contributed by atoms with Gasteiger partial charge in [-0.05, 0) is 74.8 Å². The second kappa shape index (κ2) is 11.9. The zero-order valence-corrected chi connectivity index (χ0v) is 20.4. The van der Waals surface area contributed by atoms with E-state index >= 15 is 4.39 Å². The highest BCUT2D eigenvalue weighted by molar-refractivity contribution is 6.05. The largest absolute Gasteiger partial charge is 0.322 e. The molecule has 4 rings (SSSR count). The number of unbranched alkanes of at least 4 members (excludes halogenated alkanes) is 6. The SMILES string of the molecule is O=CCCCCCCCCN1CCC(c2cc3c(cc2F)C(=O)N(C2CCC(=O)NC2=O)C3)CC1. The molecule has 3 heterocycles. The Morgan fingerprint density at radius 3 is 2.40 bits per heavy atom. The van der Waals surface area contributed by atoms with Gasteiger partial charge in [-0.2, -0.15) is 0 Å². The molecule has 3 aliphatic rings. The van der Waals surface area contributed by atoms with Gasteiger partial charge >= 0.3 is 0 Å². The quantitative estimate of drug-likeness (QED) is 0.293. The molecule has 0 radical (unpaired) electrons. The minimum atomic E-state index is -0.682. The Bertz CT molecular complexity index is 958. The van der Waals surface area contributed by atoms with Crippen molar-refractivity contribution in [3.05, 3.63) is 34.6 Å². The third-order valence-corrected chi connectivity index (χ3v) is 7.71. The molecule has 35 heavy (non-hydrogen) atoms. The molecule has 0 spiro atoms. The second-order valence-corrected chi connectivity index (χ2v) is 10.1. The van der Waals surface area contributed by atoms with Crippen LogP contribution in [-0.2, 0) is 20.9 Å². The number of amides is 3. The van der Waals surface area contributed by atoms with E-state index in [9.17, 15) is 19.2 Å². The first kappa shape index (κ1) is 25.5. The minimum Gasteiger partial charge on any atom is -0.322 e. The zero-order valence-electron chi connectivity index (χ0n) is 20.4. The Labute approximate surface area is 206 Å². The normalized spacial score (nSPS) is 21.3. The number of fused-ring (bicyclic) bond motifs is 1. The molecule has 0 aromatic heterocycles. The highest BCUT2D eigenvalue weighted by Crippen LogP contribution is 2.35. The van der Waals surface area contributed by atoms with Crippen LogP contribution in [0.4, 0.5) is 4.39 Å². The van der Waals surface area contributed by atoms with E-state index in [2.05, 4.69) is 10.2 Å². The Balaban J connectivity index is 1.26. The van der Waals surface area contributed by atoms with Crippen LogP contribution in [-0.4, -0.2) is 59.5 Å². The molecule has 0 aliphatic carbocycles. The highest BCUT2D eigenvalue weighted by Gasteiger charge is 2.40. The average Bonchev–Trinajstić information content (AvgIpc) is 3.16. The van der Waals surface area contributed by atoms with Crippen LogP contribution in [0.2, 0.25) is 0 Å². The number of imide groups is 1. The first-order valence-electron chi connectivity index (χ1n) is 13.1. The van der Waals surface area contributed by atoms with E-state index in [1.54, 1.807) is 0 Å². The molecule has 0 bridgehead atoms. The standard InChI is InChI=1S/C27H36FN3O4/c28-23-17-22-20(18-31(27(22)35)24-8-9-25(33)29-26(24)34)16-21(23)19-10-13-30(14-11-19)12-6-4-2-1-3-5-7-15-32/h15-17,19,24H,1-14,18H2,(H,29,33,34). The maximum atomic E-state index is 15.1. The van der Waals surface area contributed by atoms with Gasteiger partial charge in [-0.1, -0.05) is 31.7 Å². The van der Waals surface area contributed by atoms with Crippen molar-refractivity contribution in [3.8, 4) is 0 Å². The predicted octanol–water partition coefficient (Wildman–Crippen LogP) is 3.70. The molecule has 1 unspecified atom stereocenters. The Hall–Kier alpha value is -2.61. The molecule has 1 aromatic carbocycles. The number of hydrogen-bond acceptors (Lipinski definition) is 5. The lowest BCUT2D eigenvalue weighted by atomic mass is 9.87. The summed E-state index contributed by atoms with van der Waals surface area (Å²) in [6.07, 6.45) is 10.9. The van der Waals surface area contributed by atoms with E-state index in [1.165, 1.54) is 36.6 Å². The van der Waals surface area contributed by atoms with Gasteiger partial charge in [0, 0.05) is 24.9 Å². The topological polar surface area (TPSA) is 86.8 Å². The highest BCUT2D eigenvalue weighted by atomic mass is 19.1. The van der Waals surface area contributed by atoms with Gasteiger partial charge in [0.15, 0.2) is 0 Å². The van der Waals surface area contributed by atoms with Crippen molar-refractivity contribution in [1.82, 2.24) is 15.1 Å². The summed E-state index contributed by atoms with van der Waals surface area (Å²) in [6.45, 7) is 3.24. The van der Waals surface area contributed by atoms with Crippen molar-refractivity contribution >= 4 is 24.0 Å². The molecule has 1 N–H and O–H groups in total. The van der Waals surface area contributed by atoms with Gasteiger partial charge in [0.2, 0.25) is 11.8 Å². The number of rotatable bonds is 11. The fourth-order valence-electron chi connectivity index (χ4n) is 5.66. The fraction of sp³-hybridized carbons (Fsp3) is 0.630. The van der Waals surface area contributed by atoms with E-state index in [-0.39, 0.29) is 36.5 Å². The van der Waals surface area contributed by atoms with Crippen LogP contribution in [0.1, 0.15) is 98.0 Å². The number of benzene rings is 1. The molecule has 0 saturated carbocycles. The van der Waals surface area contributed by atoms with Crippen LogP contribution in [0, 0.1) is 5.82 Å². The fourth-order valence-corrected chi connectivity index (χ4v) is 5.66. The average molecular weight is 486 g/mol. The zero-order chi connectivity index (χ0) is 24.8. The minimum absolute atomic E-state index is 0.133. The molecular formula is C27H36FN3O4. The molecular weight excluding hydrogens is 449 g/mol. The van der Waals surface area contributed by atoms with Crippen LogP contribution in [0.5, 0.6) is 0 Å². The number of nitrogens with one attached hydrogen (secondary N) is 1. The Morgan fingerprint density at radius 2 is 1.69 bits per heavy atom. The number of piperidine rings is 2. The third-order valence-electron chi connectivity index (χ3n) is 7.71. The molecule has 1 atom stereocenters. The molecule has 2 saturated heterocycles. The summed E-state index contributed by atoms with van der Waals surface area (Å²) in [5.41, 5.74) is 1.78. The van der Waals surface area contributed by atoms with Crippen molar-refractivity contribution in [2.75, 3.05) is 19.6 Å². The van der Waals surface area contributed by atoms with E-state index in [0.29, 0.717) is 24.0 Å². The van der Waals surface area contributed by atoms with Crippen molar-refractivity contribution in [1.29, 1.82) is 0 Å². The maximum Gasteiger partial charge on any atom is 0.255 e. The number of nitrogens with zero attached hydrogens (tertiary/aromatic N) is 2. The monoisotopic (exact) mass is 485 g/mol. The van der Waals surface area contributed by atoms with Crippen LogP contribution in [0.15, 0.2) is 12.1 Å². The number of halogens is 1. The van der Waals surface area contributed by atoms with Gasteiger partial charge < -0.3 is 14.6 Å². The van der Waals surface area contributed by atoms with E-state index in [0.717, 1.165) is 57.2 Å². The first-order valence-corrected chi connectivity index (χ1v) is 13.1. The molecule has 8 heteroatoms. The summed E-state index contributed by atoms with van der Waals surface area (Å²) in [7, 11) is 0. The van der Waals surface area contributed by atoms with Crippen molar-refractivity contribution in [3.63, 3.8) is 0 Å². The van der Waals surface area contributed by atoms with Crippen LogP contribution in [0.3, 0.4) is 0 Å². The number of carbonyl (C=O) groups excluding carboxylic acids is 4. The number of carbonyl (C=O) groups is 4. The van der Waals surface area contributed by atoms with Crippen molar-refractivity contribution < 1.29 is 23.6 Å². The molecule has 7 nitrogen and oxygen atoms in total. The first-order chi connectivity index (χ1) is 17.0. The molecule has 2 fully saturated rings. The lowest BCUT2D eigenvalue weighted by Crippen LogP contribution is -2.52.